The van der Waals surface area contributed by atoms with Gasteiger partial charge in [0.1, 0.15) is 12.1 Å². The maximum Gasteiger partial charge on any atom is 0.243 e. The van der Waals surface area contributed by atoms with Gasteiger partial charge in [-0.25, -0.2) is 0 Å². The van der Waals surface area contributed by atoms with E-state index in [2.05, 4.69) is 17.9 Å². The highest BCUT2D eigenvalue weighted by Crippen LogP contribution is 2.46. The van der Waals surface area contributed by atoms with Crippen LogP contribution in [0.25, 0.3) is 0 Å². The van der Waals surface area contributed by atoms with Gasteiger partial charge in [-0.15, -0.1) is 24.4 Å². The molecule has 7 N–H and O–H groups in total. The van der Waals surface area contributed by atoms with E-state index in [1.165, 1.54) is 6.92 Å². The van der Waals surface area contributed by atoms with Crippen molar-refractivity contribution >= 4 is 47.7 Å². The molecule has 2 saturated heterocycles. The summed E-state index contributed by atoms with van der Waals surface area (Å²) >= 11 is 5.72. The van der Waals surface area contributed by atoms with Crippen LogP contribution in [0.4, 0.5) is 5.69 Å². The van der Waals surface area contributed by atoms with E-state index < -0.39 is 18.1 Å². The first-order chi connectivity index (χ1) is 18.2. The molecule has 4 rings (SSSR count). The number of anilines is 1. The Morgan fingerprint density at radius 2 is 1.74 bits per heavy atom. The number of benzene rings is 2. The van der Waals surface area contributed by atoms with Crippen molar-refractivity contribution in [1.29, 1.82) is 0 Å². The Balaban J connectivity index is 0.000000428. The Kier molecular flexibility index (Phi) is 13.2. The second-order valence-electron chi connectivity index (χ2n) is 8.95. The molecule has 5 unspecified atom stereocenters. The van der Waals surface area contributed by atoms with Gasteiger partial charge in [0.2, 0.25) is 11.8 Å². The highest BCUT2D eigenvalue weighted by molar-refractivity contribution is 8.00. The molecule has 0 spiro atoms. The van der Waals surface area contributed by atoms with E-state index in [1.807, 2.05) is 68.4 Å². The molecule has 0 aliphatic carbocycles. The lowest BCUT2D eigenvalue weighted by Gasteiger charge is -2.40. The maximum atomic E-state index is 13.0. The smallest absolute Gasteiger partial charge is 0.243 e. The summed E-state index contributed by atoms with van der Waals surface area (Å²) in [6.07, 6.45) is 2.47. The van der Waals surface area contributed by atoms with Gasteiger partial charge in [0.25, 0.3) is 0 Å². The van der Waals surface area contributed by atoms with Crippen LogP contribution in [0.3, 0.4) is 0 Å². The average molecular weight is 560 g/mol. The molecule has 2 aliphatic rings. The van der Waals surface area contributed by atoms with Gasteiger partial charge in [0, 0.05) is 10.6 Å². The fourth-order valence-electron chi connectivity index (χ4n) is 4.40. The van der Waals surface area contributed by atoms with E-state index in [0.29, 0.717) is 25.8 Å². The summed E-state index contributed by atoms with van der Waals surface area (Å²) in [7, 11) is 0. The van der Waals surface area contributed by atoms with Gasteiger partial charge in [-0.05, 0) is 56.8 Å². The summed E-state index contributed by atoms with van der Waals surface area (Å²) < 4.78 is 0. The first-order valence-electron chi connectivity index (χ1n) is 13.1. The molecule has 2 aliphatic heterocycles. The van der Waals surface area contributed by atoms with Crippen molar-refractivity contribution in [3.05, 3.63) is 60.2 Å². The second-order valence-corrected chi connectivity index (χ2v) is 10.8. The summed E-state index contributed by atoms with van der Waals surface area (Å²) in [5.41, 5.74) is 19.0. The number of thiol groups is 1. The number of ketones is 1. The first-order valence-corrected chi connectivity index (χ1v) is 14.5. The predicted octanol–water partition coefficient (Wildman–Crippen LogP) is 3.52. The Bertz CT molecular complexity index is 1030. The number of nitrogens with zero attached hydrogens (tertiary/aromatic N) is 1. The summed E-state index contributed by atoms with van der Waals surface area (Å²) in [6.45, 7) is 5.92. The van der Waals surface area contributed by atoms with E-state index in [9.17, 15) is 14.4 Å². The van der Waals surface area contributed by atoms with Crippen molar-refractivity contribution in [2.45, 2.75) is 80.1 Å². The normalized spacial score (nSPS) is 22.7. The van der Waals surface area contributed by atoms with Gasteiger partial charge < -0.3 is 27.4 Å². The molecule has 38 heavy (non-hydrogen) atoms. The van der Waals surface area contributed by atoms with Crippen molar-refractivity contribution in [3.8, 4) is 0 Å². The molecule has 2 heterocycles. The van der Waals surface area contributed by atoms with Gasteiger partial charge in [-0.3, -0.25) is 14.4 Å². The highest BCUT2D eigenvalue weighted by Gasteiger charge is 2.49. The summed E-state index contributed by atoms with van der Waals surface area (Å²) in [5.74, 6) is -0.577. The van der Waals surface area contributed by atoms with Crippen molar-refractivity contribution in [2.24, 2.45) is 11.5 Å². The molecule has 5 atom stereocenters. The number of Topliss-reactive ketones (excluding diaryl/α,β-unsaturated/α-hetero) is 1. The summed E-state index contributed by atoms with van der Waals surface area (Å²) in [4.78, 5) is 40.2. The molecule has 0 saturated carbocycles. The van der Waals surface area contributed by atoms with E-state index in [4.69, 9.17) is 17.2 Å². The lowest BCUT2D eigenvalue weighted by Crippen LogP contribution is -2.58. The third kappa shape index (κ3) is 8.23. The van der Waals surface area contributed by atoms with E-state index >= 15 is 0 Å². The first kappa shape index (κ1) is 31.7. The van der Waals surface area contributed by atoms with Crippen LogP contribution in [0.5, 0.6) is 0 Å². The third-order valence-corrected chi connectivity index (χ3v) is 8.42. The third-order valence-electron chi connectivity index (χ3n) is 6.37. The lowest BCUT2D eigenvalue weighted by atomic mass is 10.0. The van der Waals surface area contributed by atoms with Gasteiger partial charge in [-0.2, -0.15) is 0 Å². The molecule has 10 heteroatoms. The molecule has 2 fully saturated rings. The fourth-order valence-corrected chi connectivity index (χ4v) is 6.16. The number of carbonyl (C=O) groups excluding carboxylic acids is 3. The Labute approximate surface area is 235 Å². The topological polar surface area (TPSA) is 145 Å². The Hall–Kier alpha value is -2.53. The van der Waals surface area contributed by atoms with Crippen molar-refractivity contribution < 1.29 is 14.4 Å². The van der Waals surface area contributed by atoms with Crippen LogP contribution in [-0.4, -0.2) is 52.5 Å². The average Bonchev–Trinajstić information content (AvgIpc) is 3.36. The number of para-hydroxylation sites is 1. The number of amides is 2. The molecule has 0 bridgehead atoms. The van der Waals surface area contributed by atoms with Gasteiger partial charge in [0.15, 0.2) is 5.78 Å². The predicted molar refractivity (Wildman–Crippen MR) is 159 cm³/mol. The number of carbonyl (C=O) groups is 3. The zero-order valence-corrected chi connectivity index (χ0v) is 24.1. The number of fused-ring (bicyclic) bond motifs is 1. The fraction of sp³-hybridized carbons (Fsp3) is 0.464. The van der Waals surface area contributed by atoms with Crippen molar-refractivity contribution in [3.63, 3.8) is 0 Å². The number of nitrogen functional groups attached to an aromatic ring is 1. The van der Waals surface area contributed by atoms with E-state index in [-0.39, 0.29) is 28.2 Å². The SMILES string of the molecule is CC.CC(=O)C(CCCN)NC(=O)C1CCC2SC(c3ccccc3)C(N)C(=O)N21.Nc1ccccc1S. The number of hydrogen-bond acceptors (Lipinski definition) is 8. The molecular formula is C28H41N5O3S2. The monoisotopic (exact) mass is 559 g/mol. The standard InChI is InChI=1S/C20H28N4O3S.C6H7NS.C2H6/c1-12(25)14(8-5-11-21)23-19(26)15-9-10-16-24(15)20(27)17(22)18(28-16)13-6-3-2-4-7-13;7-5-3-1-2-4-6(5)8;1-2/h2-4,6-7,14-18H,5,8-11,21-22H2,1H3,(H,23,26);1-4,8H,7H2;1-2H3. The number of rotatable bonds is 7. The molecule has 0 aromatic heterocycles. The van der Waals surface area contributed by atoms with Crippen LogP contribution in [0.1, 0.15) is 57.3 Å². The maximum absolute atomic E-state index is 13.0. The number of thioether (sulfide) groups is 1. The zero-order chi connectivity index (χ0) is 28.2. The molecule has 2 aromatic carbocycles. The van der Waals surface area contributed by atoms with Crippen LogP contribution >= 0.6 is 24.4 Å². The van der Waals surface area contributed by atoms with Crippen LogP contribution in [0, 0.1) is 0 Å². The quantitative estimate of drug-likeness (QED) is 0.258. The zero-order valence-electron chi connectivity index (χ0n) is 22.4. The summed E-state index contributed by atoms with van der Waals surface area (Å²) in [5, 5.41) is 2.62. The van der Waals surface area contributed by atoms with Crippen LogP contribution in [0.2, 0.25) is 0 Å². The highest BCUT2D eigenvalue weighted by atomic mass is 32.2. The van der Waals surface area contributed by atoms with Crippen molar-refractivity contribution in [1.82, 2.24) is 10.2 Å². The van der Waals surface area contributed by atoms with Crippen molar-refractivity contribution in [2.75, 3.05) is 12.3 Å². The number of nitrogens with one attached hydrogen (secondary N) is 1. The second kappa shape index (κ2) is 15.8. The minimum Gasteiger partial charge on any atom is -0.398 e. The minimum atomic E-state index is -0.696. The molecule has 2 aromatic rings. The minimum absolute atomic E-state index is 0.0759. The van der Waals surface area contributed by atoms with Gasteiger partial charge >= 0.3 is 0 Å². The summed E-state index contributed by atoms with van der Waals surface area (Å²) in [6, 6.07) is 15.4. The largest absolute Gasteiger partial charge is 0.398 e. The van der Waals surface area contributed by atoms with Gasteiger partial charge in [-0.1, -0.05) is 56.3 Å². The molecular weight excluding hydrogens is 518 g/mol. The molecule has 8 nitrogen and oxygen atoms in total. The van der Waals surface area contributed by atoms with E-state index in [0.717, 1.165) is 22.6 Å². The number of hydrogen-bond donors (Lipinski definition) is 5. The number of nitrogens with two attached hydrogens (primary N) is 3. The molecule has 0 radical (unpaired) electrons. The van der Waals surface area contributed by atoms with Crippen LogP contribution in [-0.2, 0) is 14.4 Å². The molecule has 208 valence electrons. The molecule has 2 amide bonds. The van der Waals surface area contributed by atoms with Crippen LogP contribution < -0.4 is 22.5 Å². The van der Waals surface area contributed by atoms with Crippen LogP contribution in [0.15, 0.2) is 59.5 Å². The Morgan fingerprint density at radius 3 is 2.29 bits per heavy atom. The lowest BCUT2D eigenvalue weighted by molar-refractivity contribution is -0.141. The van der Waals surface area contributed by atoms with Gasteiger partial charge in [0.05, 0.1) is 16.7 Å². The Morgan fingerprint density at radius 1 is 1.11 bits per heavy atom. The van der Waals surface area contributed by atoms with E-state index in [1.54, 1.807) is 16.7 Å².